The van der Waals surface area contributed by atoms with Crippen molar-refractivity contribution in [2.75, 3.05) is 0 Å². The molecule has 1 aliphatic heterocycles. The highest BCUT2D eigenvalue weighted by atomic mass is 16.7. The zero-order valence-corrected chi connectivity index (χ0v) is 12.8. The number of pyridine rings is 2. The molecule has 2 aromatic heterocycles. The lowest BCUT2D eigenvalue weighted by Crippen LogP contribution is -2.41. The fourth-order valence-electron chi connectivity index (χ4n) is 2.33. The first kappa shape index (κ1) is 14.2. The van der Waals surface area contributed by atoms with Gasteiger partial charge < -0.3 is 9.31 Å². The predicted molar refractivity (Wildman–Crippen MR) is 83.2 cm³/mol. The summed E-state index contributed by atoms with van der Waals surface area (Å²) in [6.07, 6.45) is 5.35. The highest BCUT2D eigenvalue weighted by Gasteiger charge is 2.52. The first-order valence-electron chi connectivity index (χ1n) is 7.12. The van der Waals surface area contributed by atoms with Crippen molar-refractivity contribution in [1.29, 1.82) is 0 Å². The van der Waals surface area contributed by atoms with Crippen LogP contribution in [0.3, 0.4) is 0 Å². The van der Waals surface area contributed by atoms with E-state index in [1.54, 1.807) is 12.4 Å². The van der Waals surface area contributed by atoms with Crippen molar-refractivity contribution in [3.63, 3.8) is 0 Å². The maximum atomic E-state index is 6.11. The smallest absolute Gasteiger partial charge is 0.398 e. The Kier molecular flexibility index (Phi) is 3.34. The Morgan fingerprint density at radius 2 is 1.62 bits per heavy atom. The number of hydrogen-bond acceptors (Lipinski definition) is 4. The van der Waals surface area contributed by atoms with E-state index in [0.29, 0.717) is 0 Å². The molecular formula is C16H19BN2O2. The molecule has 4 nitrogen and oxygen atoms in total. The third-order valence-corrected chi connectivity index (χ3v) is 4.29. The highest BCUT2D eigenvalue weighted by Crippen LogP contribution is 2.37. The topological polar surface area (TPSA) is 44.2 Å². The Morgan fingerprint density at radius 3 is 2.24 bits per heavy atom. The molecule has 0 aromatic carbocycles. The van der Waals surface area contributed by atoms with Crippen LogP contribution in [0.25, 0.3) is 11.1 Å². The van der Waals surface area contributed by atoms with Gasteiger partial charge in [0, 0.05) is 29.7 Å². The molecule has 0 atom stereocenters. The van der Waals surface area contributed by atoms with Crippen LogP contribution in [-0.2, 0) is 9.31 Å². The maximum Gasteiger partial charge on any atom is 0.515 e. The van der Waals surface area contributed by atoms with Crippen LogP contribution in [-0.4, -0.2) is 28.3 Å². The summed E-state index contributed by atoms with van der Waals surface area (Å²) in [4.78, 5) is 8.67. The number of nitrogens with zero attached hydrogens (tertiary/aromatic N) is 2. The third-order valence-electron chi connectivity index (χ3n) is 4.29. The zero-order valence-electron chi connectivity index (χ0n) is 12.8. The van der Waals surface area contributed by atoms with E-state index < -0.39 is 7.12 Å². The van der Waals surface area contributed by atoms with Gasteiger partial charge in [0.15, 0.2) is 0 Å². The molecule has 1 fully saturated rings. The molecule has 0 radical (unpaired) electrons. The van der Waals surface area contributed by atoms with E-state index in [1.807, 2.05) is 58.2 Å². The SMILES string of the molecule is CC1(C)OB(c2ncccc2-c2cccnc2)OC1(C)C. The van der Waals surface area contributed by atoms with E-state index in [0.717, 1.165) is 16.7 Å². The monoisotopic (exact) mass is 282 g/mol. The van der Waals surface area contributed by atoms with Crippen LogP contribution in [0.2, 0.25) is 0 Å². The Labute approximate surface area is 125 Å². The van der Waals surface area contributed by atoms with Crippen molar-refractivity contribution in [1.82, 2.24) is 9.97 Å². The van der Waals surface area contributed by atoms with Crippen molar-refractivity contribution >= 4 is 12.7 Å². The number of hydrogen-bond donors (Lipinski definition) is 0. The van der Waals surface area contributed by atoms with Crippen LogP contribution in [0.1, 0.15) is 27.7 Å². The molecule has 0 unspecified atom stereocenters. The second-order valence-corrected chi connectivity index (χ2v) is 6.27. The molecule has 0 bridgehead atoms. The summed E-state index contributed by atoms with van der Waals surface area (Å²) in [5.41, 5.74) is 2.05. The molecule has 1 saturated heterocycles. The summed E-state index contributed by atoms with van der Waals surface area (Å²) in [6.45, 7) is 8.17. The van der Waals surface area contributed by atoms with E-state index in [9.17, 15) is 0 Å². The van der Waals surface area contributed by atoms with Crippen molar-refractivity contribution in [2.24, 2.45) is 0 Å². The molecule has 0 aliphatic carbocycles. The summed E-state index contributed by atoms with van der Waals surface area (Å²) < 4.78 is 12.2. The predicted octanol–water partition coefficient (Wildman–Crippen LogP) is 2.44. The standard InChI is InChI=1S/C16H19BN2O2/c1-15(2)16(3,4)21-17(20-15)14-13(8-6-10-19-14)12-7-5-9-18-11-12/h5-11H,1-4H3. The van der Waals surface area contributed by atoms with Crippen LogP contribution in [0.15, 0.2) is 42.9 Å². The molecule has 0 N–H and O–H groups in total. The summed E-state index contributed by atoms with van der Waals surface area (Å²) in [7, 11) is -0.466. The lowest BCUT2D eigenvalue weighted by Gasteiger charge is -2.32. The van der Waals surface area contributed by atoms with Crippen molar-refractivity contribution < 1.29 is 9.31 Å². The molecule has 0 spiro atoms. The minimum atomic E-state index is -0.466. The number of aromatic nitrogens is 2. The summed E-state index contributed by atoms with van der Waals surface area (Å²) in [6, 6.07) is 7.86. The van der Waals surface area contributed by atoms with Crippen molar-refractivity contribution in [3.05, 3.63) is 42.9 Å². The molecule has 21 heavy (non-hydrogen) atoms. The van der Waals surface area contributed by atoms with Gasteiger partial charge in [0.25, 0.3) is 0 Å². The average Bonchev–Trinajstić information content (AvgIpc) is 2.68. The van der Waals surface area contributed by atoms with E-state index in [-0.39, 0.29) is 11.2 Å². The van der Waals surface area contributed by atoms with E-state index in [4.69, 9.17) is 9.31 Å². The molecule has 108 valence electrons. The second kappa shape index (κ2) is 4.93. The van der Waals surface area contributed by atoms with E-state index in [1.165, 1.54) is 0 Å². The zero-order chi connectivity index (χ0) is 15.1. The van der Waals surface area contributed by atoms with Crippen molar-refractivity contribution in [2.45, 2.75) is 38.9 Å². The lowest BCUT2D eigenvalue weighted by atomic mass is 9.79. The Morgan fingerprint density at radius 1 is 0.952 bits per heavy atom. The minimum absolute atomic E-state index is 0.374. The van der Waals surface area contributed by atoms with Crippen LogP contribution in [0, 0.1) is 0 Å². The number of rotatable bonds is 2. The molecule has 0 amide bonds. The summed E-state index contributed by atoms with van der Waals surface area (Å²) >= 11 is 0. The third kappa shape index (κ3) is 2.47. The molecular weight excluding hydrogens is 263 g/mol. The van der Waals surface area contributed by atoms with Gasteiger partial charge in [0.05, 0.1) is 16.8 Å². The summed E-state index contributed by atoms with van der Waals surface area (Å²) in [5.74, 6) is 0. The quantitative estimate of drug-likeness (QED) is 0.794. The van der Waals surface area contributed by atoms with E-state index in [2.05, 4.69) is 9.97 Å². The van der Waals surface area contributed by atoms with Gasteiger partial charge in [-0.15, -0.1) is 0 Å². The molecule has 2 aromatic rings. The molecule has 3 heterocycles. The van der Waals surface area contributed by atoms with Gasteiger partial charge in [-0.1, -0.05) is 12.1 Å². The fraction of sp³-hybridized carbons (Fsp3) is 0.375. The Hall–Kier alpha value is -1.72. The summed E-state index contributed by atoms with van der Waals surface area (Å²) in [5, 5.41) is 0. The van der Waals surface area contributed by atoms with Crippen LogP contribution in [0.4, 0.5) is 0 Å². The second-order valence-electron chi connectivity index (χ2n) is 6.27. The minimum Gasteiger partial charge on any atom is -0.398 e. The van der Waals surface area contributed by atoms with Gasteiger partial charge in [0.1, 0.15) is 0 Å². The first-order chi connectivity index (χ1) is 9.91. The van der Waals surface area contributed by atoms with Crippen LogP contribution >= 0.6 is 0 Å². The van der Waals surface area contributed by atoms with E-state index >= 15 is 0 Å². The molecule has 5 heteroatoms. The van der Waals surface area contributed by atoms with Gasteiger partial charge in [0.2, 0.25) is 0 Å². The average molecular weight is 282 g/mol. The first-order valence-corrected chi connectivity index (χ1v) is 7.12. The van der Waals surface area contributed by atoms with Gasteiger partial charge >= 0.3 is 7.12 Å². The highest BCUT2D eigenvalue weighted by molar-refractivity contribution is 6.62. The maximum absolute atomic E-state index is 6.11. The van der Waals surface area contributed by atoms with Crippen LogP contribution in [0.5, 0.6) is 0 Å². The Bertz CT molecular complexity index is 628. The van der Waals surface area contributed by atoms with Gasteiger partial charge in [-0.25, -0.2) is 0 Å². The van der Waals surface area contributed by atoms with Crippen LogP contribution < -0.4 is 5.59 Å². The van der Waals surface area contributed by atoms with Gasteiger partial charge in [-0.05, 0) is 39.8 Å². The lowest BCUT2D eigenvalue weighted by molar-refractivity contribution is 0.00578. The molecule has 3 rings (SSSR count). The fourth-order valence-corrected chi connectivity index (χ4v) is 2.33. The van der Waals surface area contributed by atoms with Gasteiger partial charge in [-0.3, -0.25) is 9.97 Å². The van der Waals surface area contributed by atoms with Gasteiger partial charge in [-0.2, -0.15) is 0 Å². The van der Waals surface area contributed by atoms with Crippen molar-refractivity contribution in [3.8, 4) is 11.1 Å². The molecule has 0 saturated carbocycles. The Balaban J connectivity index is 2.02. The normalized spacial score (nSPS) is 19.7. The largest absolute Gasteiger partial charge is 0.515 e. The molecule has 1 aliphatic rings.